The molecule has 0 aromatic heterocycles. The molecule has 0 spiro atoms. The standard InChI is InChI=1S/C29H30F6O9/c1-25(2)41-16-19-22(44-25)21(43-24(37)27(39-4,29(33,34)35)18-13-9-6-10-14-18)20(15-40-19)42-23(36)26(38-3,28(30,31)32)17-11-7-5-8-12-17/h5-14,19-22H,15-16H2,1-4H3/t19-,20+,21+,22-,26-,27?/m0/s1. The Morgan fingerprint density at radius 2 is 1.20 bits per heavy atom. The van der Waals surface area contributed by atoms with Crippen molar-refractivity contribution in [3.05, 3.63) is 71.8 Å². The van der Waals surface area contributed by atoms with Gasteiger partial charge in [-0.1, -0.05) is 60.7 Å². The second-order valence-corrected chi connectivity index (χ2v) is 10.5. The Morgan fingerprint density at radius 3 is 1.64 bits per heavy atom. The molecule has 15 heteroatoms. The zero-order chi connectivity index (χ0) is 32.6. The third-order valence-corrected chi connectivity index (χ3v) is 7.39. The first-order valence-electron chi connectivity index (χ1n) is 13.2. The Kier molecular flexibility index (Phi) is 9.39. The van der Waals surface area contributed by atoms with E-state index in [9.17, 15) is 35.9 Å². The molecule has 2 saturated heterocycles. The molecule has 1 unspecified atom stereocenters. The fraction of sp³-hybridized carbons (Fsp3) is 0.517. The lowest BCUT2D eigenvalue weighted by molar-refractivity contribution is -0.353. The summed E-state index contributed by atoms with van der Waals surface area (Å²) in [6, 6.07) is 11.8. The van der Waals surface area contributed by atoms with Gasteiger partial charge in [0.15, 0.2) is 18.0 Å². The van der Waals surface area contributed by atoms with Crippen molar-refractivity contribution in [1.82, 2.24) is 0 Å². The molecule has 0 saturated carbocycles. The molecule has 2 aromatic carbocycles. The maximum absolute atomic E-state index is 14.6. The minimum absolute atomic E-state index is 0.186. The van der Waals surface area contributed by atoms with Gasteiger partial charge in [-0.25, -0.2) is 9.59 Å². The van der Waals surface area contributed by atoms with Crippen LogP contribution in [0.25, 0.3) is 0 Å². The number of methoxy groups -OCH3 is 2. The van der Waals surface area contributed by atoms with Crippen LogP contribution >= 0.6 is 0 Å². The van der Waals surface area contributed by atoms with Crippen molar-refractivity contribution < 1.29 is 69.1 Å². The molecule has 0 bridgehead atoms. The topological polar surface area (TPSA) is 98.8 Å². The van der Waals surface area contributed by atoms with Gasteiger partial charge in [-0.15, -0.1) is 0 Å². The Hall–Kier alpha value is -3.24. The highest BCUT2D eigenvalue weighted by Crippen LogP contribution is 2.46. The van der Waals surface area contributed by atoms with Gasteiger partial charge in [0.25, 0.3) is 11.2 Å². The third kappa shape index (κ3) is 5.90. The number of hydrogen-bond donors (Lipinski definition) is 0. The Morgan fingerprint density at radius 1 is 0.750 bits per heavy atom. The summed E-state index contributed by atoms with van der Waals surface area (Å²) < 4.78 is 125. The Labute approximate surface area is 248 Å². The van der Waals surface area contributed by atoms with E-state index in [0.717, 1.165) is 24.3 Å². The molecule has 0 aliphatic carbocycles. The van der Waals surface area contributed by atoms with Crippen molar-refractivity contribution in [2.75, 3.05) is 27.4 Å². The smallest absolute Gasteiger partial charge is 0.432 e. The molecule has 2 aromatic rings. The molecule has 9 nitrogen and oxygen atoms in total. The van der Waals surface area contributed by atoms with Gasteiger partial charge in [0.2, 0.25) is 0 Å². The van der Waals surface area contributed by atoms with Crippen LogP contribution in [-0.2, 0) is 53.9 Å². The summed E-state index contributed by atoms with van der Waals surface area (Å²) in [5.41, 5.74) is -8.58. The Bertz CT molecular complexity index is 1300. The maximum Gasteiger partial charge on any atom is 0.432 e. The van der Waals surface area contributed by atoms with Crippen LogP contribution in [0.5, 0.6) is 0 Å². The maximum atomic E-state index is 14.6. The first-order valence-corrected chi connectivity index (χ1v) is 13.2. The van der Waals surface area contributed by atoms with Gasteiger partial charge in [-0.2, -0.15) is 26.3 Å². The van der Waals surface area contributed by atoms with Crippen LogP contribution in [-0.4, -0.2) is 81.9 Å². The average Bonchev–Trinajstić information content (AvgIpc) is 2.95. The molecule has 0 radical (unpaired) electrons. The molecule has 2 heterocycles. The van der Waals surface area contributed by atoms with Gasteiger partial charge in [0.1, 0.15) is 12.2 Å². The summed E-state index contributed by atoms with van der Waals surface area (Å²) in [4.78, 5) is 27.0. The molecule has 4 rings (SSSR count). The van der Waals surface area contributed by atoms with Crippen molar-refractivity contribution >= 4 is 11.9 Å². The molecule has 44 heavy (non-hydrogen) atoms. The number of ether oxygens (including phenoxy) is 7. The van der Waals surface area contributed by atoms with E-state index < -0.39 is 83.4 Å². The summed E-state index contributed by atoms with van der Waals surface area (Å²) in [6.45, 7) is 2.02. The highest BCUT2D eigenvalue weighted by atomic mass is 19.4. The number of alkyl halides is 6. The van der Waals surface area contributed by atoms with Crippen LogP contribution in [0, 0.1) is 0 Å². The fourth-order valence-electron chi connectivity index (χ4n) is 5.21. The van der Waals surface area contributed by atoms with E-state index in [0.29, 0.717) is 14.2 Å². The van der Waals surface area contributed by atoms with Crippen LogP contribution in [0.4, 0.5) is 26.3 Å². The van der Waals surface area contributed by atoms with Crippen LogP contribution < -0.4 is 0 Å². The van der Waals surface area contributed by atoms with Gasteiger partial charge in [-0.3, -0.25) is 0 Å². The number of benzene rings is 2. The van der Waals surface area contributed by atoms with Crippen molar-refractivity contribution in [1.29, 1.82) is 0 Å². The van der Waals surface area contributed by atoms with Gasteiger partial charge in [0.05, 0.1) is 13.2 Å². The molecular weight excluding hydrogens is 606 g/mol. The van der Waals surface area contributed by atoms with E-state index in [2.05, 4.69) is 0 Å². The first-order chi connectivity index (χ1) is 20.5. The predicted molar refractivity (Wildman–Crippen MR) is 137 cm³/mol. The Balaban J connectivity index is 1.77. The van der Waals surface area contributed by atoms with Gasteiger partial charge < -0.3 is 33.2 Å². The largest absolute Gasteiger partial charge is 0.453 e. The van der Waals surface area contributed by atoms with E-state index in [1.54, 1.807) is 0 Å². The summed E-state index contributed by atoms with van der Waals surface area (Å²) >= 11 is 0. The molecule has 2 aliphatic heterocycles. The van der Waals surface area contributed by atoms with Crippen LogP contribution in [0.2, 0.25) is 0 Å². The number of carbonyl (C=O) groups excluding carboxylic acids is 2. The molecule has 6 atom stereocenters. The zero-order valence-corrected chi connectivity index (χ0v) is 23.9. The zero-order valence-electron chi connectivity index (χ0n) is 23.9. The van der Waals surface area contributed by atoms with E-state index >= 15 is 0 Å². The number of carbonyl (C=O) groups is 2. The highest BCUT2D eigenvalue weighted by Gasteiger charge is 2.67. The van der Waals surface area contributed by atoms with E-state index in [-0.39, 0.29) is 6.61 Å². The minimum Gasteiger partial charge on any atom is -0.453 e. The minimum atomic E-state index is -5.37. The van der Waals surface area contributed by atoms with E-state index in [1.165, 1.54) is 50.2 Å². The number of hydrogen-bond acceptors (Lipinski definition) is 9. The SMILES string of the molecule is COC(C(=O)O[C@H]1[C@H]2OC(C)(C)OC[C@@H]2OC[C@H]1OC(=O)[C@@](OC)(c1ccccc1)C(F)(F)F)(c1ccccc1)C(F)(F)F. The van der Waals surface area contributed by atoms with Crippen LogP contribution in [0.1, 0.15) is 25.0 Å². The molecule has 2 fully saturated rings. The van der Waals surface area contributed by atoms with Crippen molar-refractivity contribution in [2.45, 2.75) is 67.6 Å². The average molecular weight is 637 g/mol. The monoisotopic (exact) mass is 636 g/mol. The summed E-state index contributed by atoms with van der Waals surface area (Å²) in [7, 11) is 1.29. The summed E-state index contributed by atoms with van der Waals surface area (Å²) in [5.74, 6) is -5.35. The quantitative estimate of drug-likeness (QED) is 0.305. The number of esters is 2. The lowest BCUT2D eigenvalue weighted by Crippen LogP contribution is -2.65. The summed E-state index contributed by atoms with van der Waals surface area (Å²) in [6.07, 6.45) is -17.0. The van der Waals surface area contributed by atoms with Gasteiger partial charge in [0, 0.05) is 25.3 Å². The van der Waals surface area contributed by atoms with Crippen molar-refractivity contribution in [3.8, 4) is 0 Å². The molecule has 242 valence electrons. The molecule has 0 amide bonds. The normalized spacial score (nSPS) is 26.4. The van der Waals surface area contributed by atoms with Crippen LogP contribution in [0.15, 0.2) is 60.7 Å². The molecule has 0 N–H and O–H groups in total. The number of fused-ring (bicyclic) bond motifs is 1. The second-order valence-electron chi connectivity index (χ2n) is 10.5. The first kappa shape index (κ1) is 33.6. The predicted octanol–water partition coefficient (Wildman–Crippen LogP) is 4.57. The van der Waals surface area contributed by atoms with Crippen molar-refractivity contribution in [2.24, 2.45) is 0 Å². The van der Waals surface area contributed by atoms with E-state index in [1.807, 2.05) is 0 Å². The summed E-state index contributed by atoms with van der Waals surface area (Å²) in [5, 5.41) is 0. The van der Waals surface area contributed by atoms with E-state index in [4.69, 9.17) is 33.2 Å². The third-order valence-electron chi connectivity index (χ3n) is 7.39. The lowest BCUT2D eigenvalue weighted by Gasteiger charge is -2.48. The fourth-order valence-corrected chi connectivity index (χ4v) is 5.21. The second kappa shape index (κ2) is 12.3. The number of halogens is 6. The van der Waals surface area contributed by atoms with Gasteiger partial charge in [-0.05, 0) is 13.8 Å². The molecule has 2 aliphatic rings. The van der Waals surface area contributed by atoms with Crippen molar-refractivity contribution in [3.63, 3.8) is 0 Å². The van der Waals surface area contributed by atoms with Gasteiger partial charge >= 0.3 is 24.3 Å². The van der Waals surface area contributed by atoms with Crippen LogP contribution in [0.3, 0.4) is 0 Å². The highest BCUT2D eigenvalue weighted by molar-refractivity contribution is 5.84. The number of rotatable bonds is 8. The molecular formula is C29H30F6O9. The lowest BCUT2D eigenvalue weighted by atomic mass is 9.91.